The summed E-state index contributed by atoms with van der Waals surface area (Å²) in [5.41, 5.74) is 4.03. The molecule has 66 heavy (non-hydrogen) atoms. The number of nitrogens with one attached hydrogen (secondary N) is 4. The Bertz CT molecular complexity index is 2830. The molecule has 9 rings (SSSR count). The summed E-state index contributed by atoms with van der Waals surface area (Å²) >= 11 is 0.948. The lowest BCUT2D eigenvalue weighted by atomic mass is 10.0. The summed E-state index contributed by atoms with van der Waals surface area (Å²) in [5.74, 6) is 0.0657. The lowest BCUT2D eigenvalue weighted by Crippen LogP contribution is -2.51. The van der Waals surface area contributed by atoms with E-state index in [-0.39, 0.29) is 46.1 Å². The number of methoxy groups -OCH3 is 2. The van der Waals surface area contributed by atoms with Crippen LogP contribution in [0.25, 0.3) is 44.7 Å². The molecular formula is C47H51F2N9O7S. The van der Waals surface area contributed by atoms with E-state index in [1.807, 2.05) is 56.5 Å². The molecule has 2 saturated heterocycles. The van der Waals surface area contributed by atoms with Crippen molar-refractivity contribution in [3.8, 4) is 39.5 Å². The number of thiophene rings is 1. The average molecular weight is 924 g/mol. The fourth-order valence-electron chi connectivity index (χ4n) is 9.44. The van der Waals surface area contributed by atoms with Gasteiger partial charge in [-0.25, -0.2) is 23.9 Å². The molecule has 3 aliphatic rings. The Morgan fingerprint density at radius 2 is 1.35 bits per heavy atom. The van der Waals surface area contributed by atoms with Crippen molar-refractivity contribution in [1.29, 1.82) is 0 Å². The van der Waals surface area contributed by atoms with Gasteiger partial charge in [-0.3, -0.25) is 14.2 Å². The highest BCUT2D eigenvalue weighted by Gasteiger charge is 2.40. The van der Waals surface area contributed by atoms with Gasteiger partial charge in [-0.2, -0.15) is 4.39 Å². The van der Waals surface area contributed by atoms with Crippen LogP contribution in [0.15, 0.2) is 60.9 Å². The third-order valence-corrected chi connectivity index (χ3v) is 13.7. The van der Waals surface area contributed by atoms with Crippen molar-refractivity contribution in [3.63, 3.8) is 0 Å². The Labute approximate surface area is 383 Å². The molecule has 16 nitrogen and oxygen atoms in total. The minimum Gasteiger partial charge on any atom is -0.464 e. The number of aromatic nitrogens is 5. The van der Waals surface area contributed by atoms with Gasteiger partial charge >= 0.3 is 12.2 Å². The first kappa shape index (κ1) is 44.4. The minimum atomic E-state index is -0.823. The van der Waals surface area contributed by atoms with E-state index >= 15 is 4.39 Å². The standard InChI is InChI=1S/C47H51F2N9O7S/c1-23(2)39(54-46(61)63-5)43(59)56-15-7-9-32(56)41-50-21-29(52-41)25-11-12-31-27(17-25)19-34-38-28(48)18-26(20-35(38)65-45(58(31)34)36-13-14-37(49)66-36)30-22-51-42(53-30)33-10-8-16-57(33)44(60)40(24(3)4)55-47(62)64-6/h11-14,17-24,32-33,39-40,45H,7-10,15-16H2,1-6H3,(H,50,52)(H,51,53)(H,54,61)(H,55,62)/t32-,33-,39-,40-,45?/m0/s1. The predicted molar refractivity (Wildman–Crippen MR) is 241 cm³/mol. The molecule has 2 fully saturated rings. The molecule has 19 heteroatoms. The highest BCUT2D eigenvalue weighted by atomic mass is 32.1. The Kier molecular flexibility index (Phi) is 12.1. The number of ether oxygens (including phenoxy) is 3. The van der Waals surface area contributed by atoms with E-state index in [1.54, 1.807) is 34.3 Å². The van der Waals surface area contributed by atoms with E-state index < -0.39 is 42.4 Å². The van der Waals surface area contributed by atoms with Crippen LogP contribution in [0.2, 0.25) is 0 Å². The minimum absolute atomic E-state index is 0.169. The second-order valence-corrected chi connectivity index (χ2v) is 18.6. The molecule has 0 spiro atoms. The van der Waals surface area contributed by atoms with E-state index in [1.165, 1.54) is 26.4 Å². The zero-order valence-electron chi connectivity index (χ0n) is 37.3. The number of fused-ring (bicyclic) bond motifs is 5. The molecule has 0 radical (unpaired) electrons. The van der Waals surface area contributed by atoms with E-state index in [4.69, 9.17) is 19.2 Å². The number of aromatic amines is 2. The van der Waals surface area contributed by atoms with E-state index in [2.05, 4.69) is 25.6 Å². The second kappa shape index (κ2) is 17.9. The van der Waals surface area contributed by atoms with Crippen LogP contribution in [0.5, 0.6) is 5.75 Å². The molecule has 346 valence electrons. The number of benzene rings is 2. The summed E-state index contributed by atoms with van der Waals surface area (Å²) in [7, 11) is 2.51. The maximum Gasteiger partial charge on any atom is 0.407 e. The molecule has 3 aliphatic heterocycles. The number of hydrogen-bond acceptors (Lipinski definition) is 10. The normalized spacial score (nSPS) is 18.8. The molecule has 4 N–H and O–H groups in total. The third-order valence-electron chi connectivity index (χ3n) is 12.8. The summed E-state index contributed by atoms with van der Waals surface area (Å²) in [6.07, 6.45) is 4.00. The highest BCUT2D eigenvalue weighted by Crippen LogP contribution is 2.48. The van der Waals surface area contributed by atoms with Crippen molar-refractivity contribution in [2.24, 2.45) is 11.8 Å². The van der Waals surface area contributed by atoms with Gasteiger partial charge < -0.3 is 44.6 Å². The average Bonchev–Trinajstić information content (AvgIpc) is 4.16. The van der Waals surface area contributed by atoms with Gasteiger partial charge in [-0.05, 0) is 80.0 Å². The van der Waals surface area contributed by atoms with Crippen molar-refractivity contribution in [2.75, 3.05) is 27.3 Å². The quantitative estimate of drug-likeness (QED) is 0.0989. The monoisotopic (exact) mass is 923 g/mol. The highest BCUT2D eigenvalue weighted by molar-refractivity contribution is 7.10. The molecule has 6 aromatic rings. The Balaban J connectivity index is 1.02. The number of halogens is 2. The topological polar surface area (TPSA) is 189 Å². The van der Waals surface area contributed by atoms with E-state index in [9.17, 15) is 23.6 Å². The predicted octanol–water partition coefficient (Wildman–Crippen LogP) is 8.46. The van der Waals surface area contributed by atoms with Gasteiger partial charge in [0.15, 0.2) is 5.13 Å². The van der Waals surface area contributed by atoms with Crippen LogP contribution in [0.3, 0.4) is 0 Å². The number of imidazole rings is 2. The maximum atomic E-state index is 16.7. The smallest absolute Gasteiger partial charge is 0.407 e. The molecule has 4 aromatic heterocycles. The number of carbonyl (C=O) groups is 4. The van der Waals surface area contributed by atoms with Crippen LogP contribution in [0.4, 0.5) is 18.4 Å². The van der Waals surface area contributed by atoms with Gasteiger partial charge in [0.25, 0.3) is 0 Å². The lowest BCUT2D eigenvalue weighted by Gasteiger charge is -2.30. The lowest BCUT2D eigenvalue weighted by molar-refractivity contribution is -0.136. The SMILES string of the molecule is COC(=O)N[C@H](C(=O)N1CCC[C@H]1c1ncc(-c2cc(F)c3c(c2)OC(c2ccc(F)s2)n2c-3cc3cc(-c4cnc([C@@H]5CCCN5C(=O)[C@@H](NC(=O)OC)C(C)C)[nH]4)ccc32)[nH]1)C(C)C. The number of H-pyrrole nitrogens is 2. The van der Waals surface area contributed by atoms with Gasteiger partial charge in [0.1, 0.15) is 35.3 Å². The maximum absolute atomic E-state index is 16.7. The third kappa shape index (κ3) is 8.13. The molecule has 4 amide bonds. The van der Waals surface area contributed by atoms with Crippen molar-refractivity contribution >= 4 is 46.2 Å². The van der Waals surface area contributed by atoms with Crippen molar-refractivity contribution in [1.82, 2.24) is 44.9 Å². The summed E-state index contributed by atoms with van der Waals surface area (Å²) < 4.78 is 49.4. The molecule has 5 atom stereocenters. The van der Waals surface area contributed by atoms with Gasteiger partial charge in [-0.1, -0.05) is 33.8 Å². The molecule has 0 bridgehead atoms. The van der Waals surface area contributed by atoms with Crippen molar-refractivity contribution in [2.45, 2.75) is 83.8 Å². The van der Waals surface area contributed by atoms with E-state index in [0.717, 1.165) is 46.3 Å². The molecule has 7 heterocycles. The van der Waals surface area contributed by atoms with Gasteiger partial charge in [0, 0.05) is 29.6 Å². The number of carbonyl (C=O) groups excluding carboxylic acids is 4. The largest absolute Gasteiger partial charge is 0.464 e. The first-order valence-corrected chi connectivity index (χ1v) is 22.9. The van der Waals surface area contributed by atoms with Crippen LogP contribution in [-0.4, -0.2) is 97.7 Å². The molecule has 0 saturated carbocycles. The molecule has 1 unspecified atom stereocenters. The number of likely N-dealkylation sites (tertiary alicyclic amines) is 2. The number of rotatable bonds is 11. The second-order valence-electron chi connectivity index (χ2n) is 17.6. The Morgan fingerprint density at radius 3 is 1.88 bits per heavy atom. The number of nitrogens with zero attached hydrogens (tertiary/aromatic N) is 5. The number of hydrogen-bond donors (Lipinski definition) is 4. The first-order valence-electron chi connectivity index (χ1n) is 22.1. The zero-order chi connectivity index (χ0) is 46.6. The summed E-state index contributed by atoms with van der Waals surface area (Å²) in [6, 6.07) is 11.7. The van der Waals surface area contributed by atoms with Crippen LogP contribution >= 0.6 is 11.3 Å². The van der Waals surface area contributed by atoms with Crippen molar-refractivity contribution in [3.05, 3.63) is 88.4 Å². The van der Waals surface area contributed by atoms with Gasteiger partial charge in [-0.15, -0.1) is 11.3 Å². The number of amides is 4. The zero-order valence-corrected chi connectivity index (χ0v) is 38.1. The van der Waals surface area contributed by atoms with Crippen LogP contribution in [0.1, 0.15) is 88.2 Å². The van der Waals surface area contributed by atoms with Crippen LogP contribution in [0, 0.1) is 22.8 Å². The van der Waals surface area contributed by atoms with Gasteiger partial charge in [0.05, 0.1) is 71.7 Å². The molecule has 0 aliphatic carbocycles. The summed E-state index contributed by atoms with van der Waals surface area (Å²) in [4.78, 5) is 71.8. The van der Waals surface area contributed by atoms with Crippen LogP contribution in [-0.2, 0) is 19.1 Å². The van der Waals surface area contributed by atoms with E-state index in [0.29, 0.717) is 59.4 Å². The fourth-order valence-corrected chi connectivity index (χ4v) is 10.2. The van der Waals surface area contributed by atoms with Crippen molar-refractivity contribution < 1.29 is 42.2 Å². The molecule has 2 aromatic carbocycles. The summed E-state index contributed by atoms with van der Waals surface area (Å²) in [5, 5.41) is 5.74. The summed E-state index contributed by atoms with van der Waals surface area (Å²) in [6.45, 7) is 8.44. The van der Waals surface area contributed by atoms with Crippen LogP contribution < -0.4 is 15.4 Å². The first-order chi connectivity index (χ1) is 31.7. The number of alkyl carbamates (subject to hydrolysis) is 2. The Hall–Kier alpha value is -6.76. The fraction of sp³-hybridized carbons (Fsp3) is 0.404. The van der Waals surface area contributed by atoms with Gasteiger partial charge in [0.2, 0.25) is 18.0 Å². The Morgan fingerprint density at radius 1 is 0.773 bits per heavy atom. The molecular weight excluding hydrogens is 873 g/mol.